The summed E-state index contributed by atoms with van der Waals surface area (Å²) in [5, 5.41) is 1.29. The number of likely N-dealkylation sites (N-methyl/N-ethyl adjacent to an activating group) is 1. The number of nitrogens with zero attached hydrogens (tertiary/aromatic N) is 2. The summed E-state index contributed by atoms with van der Waals surface area (Å²) in [7, 11) is 3.66. The Bertz CT molecular complexity index is 945. The van der Waals surface area contributed by atoms with Gasteiger partial charge in [-0.3, -0.25) is 0 Å². The third-order valence-electron chi connectivity index (χ3n) is 5.20. The molecule has 0 fully saturated rings. The molecule has 3 aromatic rings. The normalized spacial score (nSPS) is 15.2. The SMILES string of the molecule is COc1ccc(-n2c3c(c4cc(C)ccc42)CCN(C)CC3)cc1F. The second-order valence-corrected chi connectivity index (χ2v) is 6.90. The van der Waals surface area contributed by atoms with E-state index < -0.39 is 0 Å². The first-order chi connectivity index (χ1) is 12.1. The summed E-state index contributed by atoms with van der Waals surface area (Å²) >= 11 is 0. The molecule has 0 saturated heterocycles. The first kappa shape index (κ1) is 16.2. The van der Waals surface area contributed by atoms with Gasteiger partial charge in [0.25, 0.3) is 0 Å². The minimum absolute atomic E-state index is 0.280. The molecule has 4 rings (SSSR count). The number of fused-ring (bicyclic) bond motifs is 3. The first-order valence-corrected chi connectivity index (χ1v) is 8.74. The molecule has 0 bridgehead atoms. The summed E-state index contributed by atoms with van der Waals surface area (Å²) in [5.41, 5.74) is 5.97. The van der Waals surface area contributed by atoms with Crippen LogP contribution in [0.25, 0.3) is 16.6 Å². The number of methoxy groups -OCH3 is 1. The van der Waals surface area contributed by atoms with E-state index in [9.17, 15) is 4.39 Å². The van der Waals surface area contributed by atoms with E-state index in [1.54, 1.807) is 12.1 Å². The van der Waals surface area contributed by atoms with Crippen molar-refractivity contribution < 1.29 is 9.13 Å². The number of aromatic nitrogens is 1. The number of halogens is 1. The fourth-order valence-corrected chi connectivity index (χ4v) is 3.86. The van der Waals surface area contributed by atoms with Gasteiger partial charge < -0.3 is 14.2 Å². The lowest BCUT2D eigenvalue weighted by Crippen LogP contribution is -2.21. The summed E-state index contributed by atoms with van der Waals surface area (Å²) in [6.07, 6.45) is 1.99. The average molecular weight is 338 g/mol. The van der Waals surface area contributed by atoms with Crippen LogP contribution in [0.15, 0.2) is 36.4 Å². The van der Waals surface area contributed by atoms with Crippen molar-refractivity contribution in [3.05, 3.63) is 59.0 Å². The Balaban J connectivity index is 1.98. The first-order valence-electron chi connectivity index (χ1n) is 8.74. The maximum atomic E-state index is 14.3. The van der Waals surface area contributed by atoms with Crippen LogP contribution in [0.2, 0.25) is 0 Å². The Morgan fingerprint density at radius 2 is 1.84 bits per heavy atom. The van der Waals surface area contributed by atoms with Crippen molar-refractivity contribution in [2.24, 2.45) is 0 Å². The van der Waals surface area contributed by atoms with Crippen LogP contribution in [0.1, 0.15) is 16.8 Å². The van der Waals surface area contributed by atoms with Gasteiger partial charge in [-0.1, -0.05) is 11.6 Å². The Labute approximate surface area is 147 Å². The van der Waals surface area contributed by atoms with Crippen LogP contribution >= 0.6 is 0 Å². The number of rotatable bonds is 2. The smallest absolute Gasteiger partial charge is 0.167 e. The zero-order valence-corrected chi connectivity index (χ0v) is 15.0. The zero-order chi connectivity index (χ0) is 17.6. The van der Waals surface area contributed by atoms with E-state index in [0.29, 0.717) is 0 Å². The predicted molar refractivity (Wildman–Crippen MR) is 99.4 cm³/mol. The molecule has 25 heavy (non-hydrogen) atoms. The van der Waals surface area contributed by atoms with E-state index >= 15 is 0 Å². The third-order valence-corrected chi connectivity index (χ3v) is 5.20. The maximum Gasteiger partial charge on any atom is 0.167 e. The highest BCUT2D eigenvalue weighted by molar-refractivity contribution is 5.88. The lowest BCUT2D eigenvalue weighted by molar-refractivity contribution is 0.351. The van der Waals surface area contributed by atoms with Crippen molar-refractivity contribution in [2.45, 2.75) is 19.8 Å². The number of benzene rings is 2. The second kappa shape index (κ2) is 6.19. The van der Waals surface area contributed by atoms with Gasteiger partial charge in [-0.2, -0.15) is 0 Å². The molecule has 0 atom stereocenters. The van der Waals surface area contributed by atoms with Crippen molar-refractivity contribution in [1.82, 2.24) is 9.47 Å². The minimum atomic E-state index is -0.326. The molecule has 130 valence electrons. The molecule has 0 amide bonds. The van der Waals surface area contributed by atoms with E-state index in [1.165, 1.54) is 29.3 Å². The molecule has 0 saturated carbocycles. The monoisotopic (exact) mass is 338 g/mol. The van der Waals surface area contributed by atoms with E-state index in [0.717, 1.165) is 37.1 Å². The molecule has 0 unspecified atom stereocenters. The van der Waals surface area contributed by atoms with Gasteiger partial charge in [0.2, 0.25) is 0 Å². The highest BCUT2D eigenvalue weighted by Crippen LogP contribution is 2.33. The maximum absolute atomic E-state index is 14.3. The van der Waals surface area contributed by atoms with Gasteiger partial charge in [0.15, 0.2) is 11.6 Å². The summed E-state index contributed by atoms with van der Waals surface area (Å²) in [5.74, 6) is -0.0460. The lowest BCUT2D eigenvalue weighted by Gasteiger charge is -2.14. The molecule has 2 heterocycles. The van der Waals surface area contributed by atoms with Crippen LogP contribution in [-0.2, 0) is 12.8 Å². The van der Waals surface area contributed by atoms with E-state index in [1.807, 2.05) is 6.07 Å². The molecule has 4 heteroatoms. The van der Waals surface area contributed by atoms with Crippen LogP contribution in [0, 0.1) is 12.7 Å². The van der Waals surface area contributed by atoms with Gasteiger partial charge in [0.1, 0.15) is 0 Å². The van der Waals surface area contributed by atoms with Gasteiger partial charge in [-0.15, -0.1) is 0 Å². The summed E-state index contributed by atoms with van der Waals surface area (Å²) in [6, 6.07) is 11.8. The molecule has 0 N–H and O–H groups in total. The topological polar surface area (TPSA) is 17.4 Å². The van der Waals surface area contributed by atoms with Crippen molar-refractivity contribution in [3.8, 4) is 11.4 Å². The van der Waals surface area contributed by atoms with Gasteiger partial charge in [-0.05, 0) is 50.2 Å². The molecule has 1 aliphatic rings. The van der Waals surface area contributed by atoms with Crippen LogP contribution in [0.4, 0.5) is 4.39 Å². The highest BCUT2D eigenvalue weighted by atomic mass is 19.1. The van der Waals surface area contributed by atoms with E-state index in [-0.39, 0.29) is 11.6 Å². The third kappa shape index (κ3) is 2.71. The highest BCUT2D eigenvalue weighted by Gasteiger charge is 2.22. The number of hydrogen-bond donors (Lipinski definition) is 0. The van der Waals surface area contributed by atoms with Crippen molar-refractivity contribution in [1.29, 1.82) is 0 Å². The molecule has 0 spiro atoms. The Morgan fingerprint density at radius 3 is 2.60 bits per heavy atom. The van der Waals surface area contributed by atoms with Gasteiger partial charge in [0.05, 0.1) is 12.6 Å². The van der Waals surface area contributed by atoms with Crippen LogP contribution in [0.3, 0.4) is 0 Å². The molecule has 1 aromatic heterocycles. The molecule has 0 aliphatic carbocycles. The fraction of sp³-hybridized carbons (Fsp3) is 0.333. The standard InChI is InChI=1S/C21H23FN2O/c1-14-4-6-19-17(12-14)16-8-10-23(2)11-9-20(16)24(19)15-5-7-21(25-3)18(22)13-15/h4-7,12-13H,8-11H2,1-3H3. The van der Waals surface area contributed by atoms with Gasteiger partial charge in [-0.25, -0.2) is 4.39 Å². The number of ether oxygens (including phenoxy) is 1. The van der Waals surface area contributed by atoms with E-state index in [2.05, 4.69) is 41.6 Å². The number of hydrogen-bond acceptors (Lipinski definition) is 2. The zero-order valence-electron chi connectivity index (χ0n) is 15.0. The summed E-state index contributed by atoms with van der Waals surface area (Å²) in [6.45, 7) is 4.19. The molecule has 1 aliphatic heterocycles. The quantitative estimate of drug-likeness (QED) is 0.699. The minimum Gasteiger partial charge on any atom is -0.494 e. The van der Waals surface area contributed by atoms with Crippen LogP contribution in [-0.4, -0.2) is 36.7 Å². The van der Waals surface area contributed by atoms with E-state index in [4.69, 9.17) is 4.74 Å². The van der Waals surface area contributed by atoms with Gasteiger partial charge >= 0.3 is 0 Å². The summed E-state index contributed by atoms with van der Waals surface area (Å²) in [4.78, 5) is 2.36. The van der Waals surface area contributed by atoms with Gasteiger partial charge in [0, 0.05) is 42.3 Å². The van der Waals surface area contributed by atoms with Crippen molar-refractivity contribution in [2.75, 3.05) is 27.2 Å². The predicted octanol–water partition coefficient (Wildman–Crippen LogP) is 4.12. The average Bonchev–Trinajstić information content (AvgIpc) is 2.77. The molecule has 2 aromatic carbocycles. The number of aryl methyl sites for hydroxylation is 1. The van der Waals surface area contributed by atoms with Crippen LogP contribution < -0.4 is 4.74 Å². The largest absolute Gasteiger partial charge is 0.494 e. The second-order valence-electron chi connectivity index (χ2n) is 6.90. The van der Waals surface area contributed by atoms with Crippen LogP contribution in [0.5, 0.6) is 5.75 Å². The summed E-state index contributed by atoms with van der Waals surface area (Å²) < 4.78 is 21.6. The molecule has 0 radical (unpaired) electrons. The molecular formula is C21H23FN2O. The Morgan fingerprint density at radius 1 is 1.04 bits per heavy atom. The Kier molecular flexibility index (Phi) is 4.00. The Hall–Kier alpha value is -2.33. The van der Waals surface area contributed by atoms with Crippen molar-refractivity contribution >= 4 is 10.9 Å². The molecular weight excluding hydrogens is 315 g/mol. The molecule has 3 nitrogen and oxygen atoms in total. The lowest BCUT2D eigenvalue weighted by atomic mass is 10.1. The van der Waals surface area contributed by atoms with Crippen molar-refractivity contribution in [3.63, 3.8) is 0 Å². The fourth-order valence-electron chi connectivity index (χ4n) is 3.86.